The fourth-order valence-corrected chi connectivity index (χ4v) is 3.40. The van der Waals surface area contributed by atoms with Gasteiger partial charge in [-0.05, 0) is 55.0 Å². The fraction of sp³-hybridized carbons (Fsp3) is 0.0435. The first kappa shape index (κ1) is 17.5. The standard InChI is InChI=1S/C23H15ClN2O3/c1-13-6-9-18-20(10-13)29-23(26-18)16-12-15(7-8-17(16)24)25-22(27)21-11-14-4-2-3-5-19(14)28-21/h2-12H,1H3,(H,25,27). The molecule has 6 heteroatoms. The summed E-state index contributed by atoms with van der Waals surface area (Å²) in [6.07, 6.45) is 0. The Hall–Kier alpha value is -3.57. The molecular weight excluding hydrogens is 388 g/mol. The maximum absolute atomic E-state index is 12.6. The maximum atomic E-state index is 12.6. The van der Waals surface area contributed by atoms with E-state index in [1.54, 1.807) is 24.3 Å². The SMILES string of the molecule is Cc1ccc2nc(-c3cc(NC(=O)c4cc5ccccc5o4)ccc3Cl)oc2c1. The zero-order valence-electron chi connectivity index (χ0n) is 15.4. The first-order chi connectivity index (χ1) is 14.1. The molecule has 3 aromatic carbocycles. The summed E-state index contributed by atoms with van der Waals surface area (Å²) >= 11 is 6.37. The number of anilines is 1. The van der Waals surface area contributed by atoms with Crippen molar-refractivity contribution in [1.29, 1.82) is 0 Å². The molecule has 142 valence electrons. The van der Waals surface area contributed by atoms with Crippen molar-refractivity contribution in [3.8, 4) is 11.5 Å². The smallest absolute Gasteiger partial charge is 0.291 e. The number of carbonyl (C=O) groups is 1. The summed E-state index contributed by atoms with van der Waals surface area (Å²) in [5.74, 6) is 0.290. The van der Waals surface area contributed by atoms with Gasteiger partial charge < -0.3 is 14.2 Å². The third kappa shape index (κ3) is 3.26. The number of hydrogen-bond donors (Lipinski definition) is 1. The lowest BCUT2D eigenvalue weighted by Crippen LogP contribution is -2.10. The largest absolute Gasteiger partial charge is 0.451 e. The summed E-state index contributed by atoms with van der Waals surface area (Å²) in [5, 5.41) is 4.19. The summed E-state index contributed by atoms with van der Waals surface area (Å²) in [6.45, 7) is 1.99. The predicted octanol–water partition coefficient (Wildman–Crippen LogP) is 6.46. The molecule has 0 fully saturated rings. The Kier molecular flexibility index (Phi) is 4.11. The highest BCUT2D eigenvalue weighted by Crippen LogP contribution is 2.33. The minimum Gasteiger partial charge on any atom is -0.451 e. The highest BCUT2D eigenvalue weighted by molar-refractivity contribution is 6.33. The van der Waals surface area contributed by atoms with E-state index in [0.29, 0.717) is 33.3 Å². The van der Waals surface area contributed by atoms with Crippen molar-refractivity contribution >= 4 is 45.3 Å². The topological polar surface area (TPSA) is 68.3 Å². The number of nitrogens with zero attached hydrogens (tertiary/aromatic N) is 1. The monoisotopic (exact) mass is 402 g/mol. The number of oxazole rings is 1. The van der Waals surface area contributed by atoms with Gasteiger partial charge in [-0.15, -0.1) is 0 Å². The van der Waals surface area contributed by atoms with E-state index in [9.17, 15) is 4.79 Å². The Morgan fingerprint density at radius 1 is 0.966 bits per heavy atom. The fourth-order valence-electron chi connectivity index (χ4n) is 3.20. The molecule has 1 amide bonds. The van der Waals surface area contributed by atoms with Gasteiger partial charge in [0.05, 0.1) is 10.6 Å². The summed E-state index contributed by atoms with van der Waals surface area (Å²) < 4.78 is 11.5. The number of halogens is 1. The first-order valence-electron chi connectivity index (χ1n) is 9.04. The Labute approximate surface area is 170 Å². The second-order valence-corrected chi connectivity index (χ2v) is 7.19. The van der Waals surface area contributed by atoms with Crippen molar-refractivity contribution in [3.05, 3.63) is 83.1 Å². The lowest BCUT2D eigenvalue weighted by atomic mass is 10.2. The highest BCUT2D eigenvalue weighted by Gasteiger charge is 2.16. The zero-order valence-corrected chi connectivity index (χ0v) is 16.2. The molecule has 5 rings (SSSR count). The minimum atomic E-state index is -0.345. The van der Waals surface area contributed by atoms with Gasteiger partial charge in [-0.3, -0.25) is 4.79 Å². The van der Waals surface area contributed by atoms with E-state index < -0.39 is 0 Å². The number of para-hydroxylation sites is 1. The van der Waals surface area contributed by atoms with Crippen LogP contribution in [0.4, 0.5) is 5.69 Å². The number of amides is 1. The molecule has 0 radical (unpaired) electrons. The van der Waals surface area contributed by atoms with E-state index in [4.69, 9.17) is 20.4 Å². The van der Waals surface area contributed by atoms with E-state index in [0.717, 1.165) is 16.5 Å². The zero-order chi connectivity index (χ0) is 20.0. The van der Waals surface area contributed by atoms with Crippen molar-refractivity contribution in [1.82, 2.24) is 4.98 Å². The second kappa shape index (κ2) is 6.79. The normalized spacial score (nSPS) is 11.2. The molecule has 0 saturated carbocycles. The number of hydrogen-bond acceptors (Lipinski definition) is 4. The van der Waals surface area contributed by atoms with Crippen LogP contribution in [-0.2, 0) is 0 Å². The number of benzene rings is 3. The molecule has 0 aliphatic carbocycles. The van der Waals surface area contributed by atoms with Crippen molar-refractivity contribution in [2.24, 2.45) is 0 Å². The third-order valence-electron chi connectivity index (χ3n) is 4.65. The van der Waals surface area contributed by atoms with Crippen LogP contribution in [0.3, 0.4) is 0 Å². The molecule has 5 aromatic rings. The number of aromatic nitrogens is 1. The van der Waals surface area contributed by atoms with Gasteiger partial charge in [0.2, 0.25) is 5.89 Å². The number of aryl methyl sites for hydroxylation is 1. The minimum absolute atomic E-state index is 0.236. The lowest BCUT2D eigenvalue weighted by Gasteiger charge is -2.06. The van der Waals surface area contributed by atoms with Crippen LogP contribution in [0.2, 0.25) is 5.02 Å². The van der Waals surface area contributed by atoms with Gasteiger partial charge in [0.1, 0.15) is 11.1 Å². The molecular formula is C23H15ClN2O3. The van der Waals surface area contributed by atoms with E-state index in [2.05, 4.69) is 10.3 Å². The quantitative estimate of drug-likeness (QED) is 0.376. The lowest BCUT2D eigenvalue weighted by molar-refractivity contribution is 0.0998. The highest BCUT2D eigenvalue weighted by atomic mass is 35.5. The molecule has 29 heavy (non-hydrogen) atoms. The summed E-state index contributed by atoms with van der Waals surface area (Å²) in [6, 6.07) is 20.1. The maximum Gasteiger partial charge on any atom is 0.291 e. The van der Waals surface area contributed by atoms with Gasteiger partial charge in [-0.1, -0.05) is 35.9 Å². The summed E-state index contributed by atoms with van der Waals surface area (Å²) in [4.78, 5) is 17.1. The third-order valence-corrected chi connectivity index (χ3v) is 4.98. The van der Waals surface area contributed by atoms with Gasteiger partial charge in [-0.2, -0.15) is 0 Å². The predicted molar refractivity (Wildman–Crippen MR) is 113 cm³/mol. The number of fused-ring (bicyclic) bond motifs is 2. The van der Waals surface area contributed by atoms with E-state index >= 15 is 0 Å². The van der Waals surface area contributed by atoms with Gasteiger partial charge in [0.25, 0.3) is 5.91 Å². The van der Waals surface area contributed by atoms with Gasteiger partial charge in [0, 0.05) is 11.1 Å². The summed E-state index contributed by atoms with van der Waals surface area (Å²) in [5.41, 5.74) is 4.34. The molecule has 1 N–H and O–H groups in total. The van der Waals surface area contributed by atoms with Crippen LogP contribution >= 0.6 is 11.6 Å². The first-order valence-corrected chi connectivity index (χ1v) is 9.42. The number of rotatable bonds is 3. The van der Waals surface area contributed by atoms with Crippen molar-refractivity contribution in [3.63, 3.8) is 0 Å². The molecule has 2 heterocycles. The number of furan rings is 1. The van der Waals surface area contributed by atoms with Gasteiger partial charge in [0.15, 0.2) is 11.3 Å². The number of carbonyl (C=O) groups excluding carboxylic acids is 1. The molecule has 0 bridgehead atoms. The molecule has 0 unspecified atom stereocenters. The Bertz CT molecular complexity index is 1350. The van der Waals surface area contributed by atoms with E-state index in [-0.39, 0.29) is 11.7 Å². The van der Waals surface area contributed by atoms with Crippen molar-refractivity contribution in [2.75, 3.05) is 5.32 Å². The van der Waals surface area contributed by atoms with Gasteiger partial charge >= 0.3 is 0 Å². The van der Waals surface area contributed by atoms with Gasteiger partial charge in [-0.25, -0.2) is 4.98 Å². The molecule has 5 nitrogen and oxygen atoms in total. The van der Waals surface area contributed by atoms with Crippen LogP contribution in [0.25, 0.3) is 33.5 Å². The molecule has 0 aliphatic rings. The summed E-state index contributed by atoms with van der Waals surface area (Å²) in [7, 11) is 0. The number of nitrogens with one attached hydrogen (secondary N) is 1. The Balaban J connectivity index is 1.47. The van der Waals surface area contributed by atoms with Crippen LogP contribution in [0, 0.1) is 6.92 Å². The molecule has 0 spiro atoms. The van der Waals surface area contributed by atoms with Crippen LogP contribution in [-0.4, -0.2) is 10.9 Å². The van der Waals surface area contributed by atoms with Crippen molar-refractivity contribution < 1.29 is 13.6 Å². The van der Waals surface area contributed by atoms with E-state index in [1.807, 2.05) is 49.4 Å². The second-order valence-electron chi connectivity index (χ2n) is 6.79. The van der Waals surface area contributed by atoms with Crippen LogP contribution < -0.4 is 5.32 Å². The van der Waals surface area contributed by atoms with Crippen molar-refractivity contribution in [2.45, 2.75) is 6.92 Å². The molecule has 0 saturated heterocycles. The molecule has 0 atom stereocenters. The Morgan fingerprint density at radius 3 is 2.69 bits per heavy atom. The van der Waals surface area contributed by atoms with Crippen LogP contribution in [0.5, 0.6) is 0 Å². The average molecular weight is 403 g/mol. The van der Waals surface area contributed by atoms with Crippen LogP contribution in [0.1, 0.15) is 16.1 Å². The molecule has 0 aliphatic heterocycles. The van der Waals surface area contributed by atoms with Crippen LogP contribution in [0.15, 0.2) is 75.6 Å². The Morgan fingerprint density at radius 2 is 1.83 bits per heavy atom. The average Bonchev–Trinajstić information content (AvgIpc) is 3.33. The molecule has 2 aromatic heterocycles. The van der Waals surface area contributed by atoms with E-state index in [1.165, 1.54) is 0 Å².